The Morgan fingerprint density at radius 3 is 2.48 bits per heavy atom. The largest absolute Gasteiger partial charge is 0.497 e. The highest BCUT2D eigenvalue weighted by Crippen LogP contribution is 2.49. The van der Waals surface area contributed by atoms with E-state index in [1.165, 1.54) is 0 Å². The molecule has 1 atom stereocenters. The van der Waals surface area contributed by atoms with Gasteiger partial charge in [0.25, 0.3) is 0 Å². The van der Waals surface area contributed by atoms with Gasteiger partial charge in [-0.1, -0.05) is 45.4 Å². The van der Waals surface area contributed by atoms with Crippen molar-refractivity contribution in [3.05, 3.63) is 88.4 Å². The summed E-state index contributed by atoms with van der Waals surface area (Å²) in [5, 5.41) is 5.60. The lowest BCUT2D eigenvalue weighted by Gasteiger charge is -2.37. The second-order valence-electron chi connectivity index (χ2n) is 7.24. The number of rotatable bonds is 3. The Morgan fingerprint density at radius 2 is 1.77 bits per heavy atom. The third-order valence-electron chi connectivity index (χ3n) is 5.49. The van der Waals surface area contributed by atoms with Gasteiger partial charge in [0, 0.05) is 15.6 Å². The number of thioether (sulfide) groups is 1. The predicted octanol–water partition coefficient (Wildman–Crippen LogP) is 6.31. The maximum absolute atomic E-state index is 6.34. The molecule has 0 N–H and O–H groups in total. The monoisotopic (exact) mass is 493 g/mol. The average molecular weight is 494 g/mol. The van der Waals surface area contributed by atoms with Gasteiger partial charge in [0.05, 0.1) is 29.9 Å². The number of benzene rings is 3. The maximum atomic E-state index is 6.34. The van der Waals surface area contributed by atoms with E-state index in [-0.39, 0.29) is 0 Å². The molecule has 5 nitrogen and oxygen atoms in total. The summed E-state index contributed by atoms with van der Waals surface area (Å²) in [6.45, 7) is 0. The molecule has 156 valence electrons. The Kier molecular flexibility index (Phi) is 5.24. The molecule has 2 aliphatic heterocycles. The molecule has 5 rings (SSSR count). The van der Waals surface area contributed by atoms with Crippen molar-refractivity contribution in [3.63, 3.8) is 0 Å². The molecule has 0 spiro atoms. The average Bonchev–Trinajstić information content (AvgIpc) is 3.12. The molecule has 0 bridgehead atoms. The Labute approximate surface area is 193 Å². The highest BCUT2D eigenvalue weighted by molar-refractivity contribution is 9.10. The summed E-state index contributed by atoms with van der Waals surface area (Å²) in [5.74, 6) is 1.56. The van der Waals surface area contributed by atoms with Gasteiger partial charge >= 0.3 is 0 Å². The zero-order valence-corrected chi connectivity index (χ0v) is 19.5. The number of halogens is 1. The zero-order valence-electron chi connectivity index (χ0n) is 17.1. The number of amidine groups is 1. The SMILES string of the molecule is COc1ccc(C23CC(SC)=Nc4ccccc4N2C(c2ccc(Br)cc2)=NO3)cc1. The quantitative estimate of drug-likeness (QED) is 0.429. The first-order valence-electron chi connectivity index (χ1n) is 9.82. The van der Waals surface area contributed by atoms with Gasteiger partial charge in [0.2, 0.25) is 5.72 Å². The molecular weight excluding hydrogens is 474 g/mol. The molecule has 0 saturated heterocycles. The second kappa shape index (κ2) is 8.05. The zero-order chi connectivity index (χ0) is 21.4. The van der Waals surface area contributed by atoms with Gasteiger partial charge in [-0.3, -0.25) is 4.90 Å². The van der Waals surface area contributed by atoms with E-state index in [0.717, 1.165) is 43.6 Å². The molecule has 31 heavy (non-hydrogen) atoms. The number of oxime groups is 1. The van der Waals surface area contributed by atoms with Crippen LogP contribution in [0, 0.1) is 0 Å². The minimum atomic E-state index is -0.844. The molecule has 2 aliphatic rings. The third kappa shape index (κ3) is 3.42. The molecule has 0 aromatic heterocycles. The van der Waals surface area contributed by atoms with E-state index in [1.54, 1.807) is 18.9 Å². The summed E-state index contributed by atoms with van der Waals surface area (Å²) in [7, 11) is 1.67. The van der Waals surface area contributed by atoms with Crippen molar-refractivity contribution >= 4 is 49.9 Å². The number of methoxy groups -OCH3 is 1. The third-order valence-corrected chi connectivity index (χ3v) is 6.73. The van der Waals surface area contributed by atoms with Crippen LogP contribution >= 0.6 is 27.7 Å². The van der Waals surface area contributed by atoms with E-state index in [4.69, 9.17) is 14.6 Å². The molecule has 0 fully saturated rings. The fourth-order valence-electron chi connectivity index (χ4n) is 3.95. The van der Waals surface area contributed by atoms with E-state index >= 15 is 0 Å². The lowest BCUT2D eigenvalue weighted by Crippen LogP contribution is -2.47. The Bertz CT molecular complexity index is 1180. The van der Waals surface area contributed by atoms with Crippen molar-refractivity contribution in [3.8, 4) is 5.75 Å². The van der Waals surface area contributed by atoms with Gasteiger partial charge in [0.15, 0.2) is 5.84 Å². The number of fused-ring (bicyclic) bond motifs is 3. The minimum absolute atomic E-state index is 0.568. The molecular formula is C24H20BrN3O2S. The summed E-state index contributed by atoms with van der Waals surface area (Å²) >= 11 is 5.15. The Balaban J connectivity index is 1.73. The van der Waals surface area contributed by atoms with Crippen LogP contribution in [-0.4, -0.2) is 24.2 Å². The fraction of sp³-hybridized carbons (Fsp3) is 0.167. The van der Waals surface area contributed by atoms with E-state index in [9.17, 15) is 0 Å². The number of aliphatic imine (C=N–C) groups is 1. The molecule has 0 aliphatic carbocycles. The van der Waals surface area contributed by atoms with Gasteiger partial charge in [-0.25, -0.2) is 4.99 Å². The van der Waals surface area contributed by atoms with Crippen molar-refractivity contribution < 1.29 is 9.57 Å². The first-order valence-corrected chi connectivity index (χ1v) is 11.8. The smallest absolute Gasteiger partial charge is 0.247 e. The summed E-state index contributed by atoms with van der Waals surface area (Å²) in [6.07, 6.45) is 2.61. The highest BCUT2D eigenvalue weighted by atomic mass is 79.9. The normalized spacial score (nSPS) is 19.5. The van der Waals surface area contributed by atoms with Gasteiger partial charge in [-0.15, -0.1) is 11.8 Å². The Morgan fingerprint density at radius 1 is 1.03 bits per heavy atom. The van der Waals surface area contributed by atoms with Gasteiger partial charge in [-0.05, 0) is 54.8 Å². The summed E-state index contributed by atoms with van der Waals surface area (Å²) < 4.78 is 6.39. The molecule has 0 amide bonds. The molecule has 1 unspecified atom stereocenters. The first kappa shape index (κ1) is 20.2. The van der Waals surface area contributed by atoms with Gasteiger partial charge < -0.3 is 9.57 Å². The highest BCUT2D eigenvalue weighted by Gasteiger charge is 2.51. The van der Waals surface area contributed by atoms with Crippen LogP contribution in [0.5, 0.6) is 5.75 Å². The number of para-hydroxylation sites is 2. The standard InChI is InChI=1S/C24H20BrN3O2S/c1-29-19-13-9-17(10-14-19)24-15-22(31-2)26-20-5-3-4-6-21(20)28(24)23(27-30-24)16-7-11-18(25)12-8-16/h3-14H,15H2,1-2H3. The number of ether oxygens (including phenoxy) is 1. The summed E-state index contributed by atoms with van der Waals surface area (Å²) in [5.41, 5.74) is 2.98. The van der Waals surface area contributed by atoms with Crippen LogP contribution in [0.4, 0.5) is 11.4 Å². The molecule has 3 aromatic rings. The van der Waals surface area contributed by atoms with Crippen LogP contribution in [0.25, 0.3) is 0 Å². The second-order valence-corrected chi connectivity index (χ2v) is 9.03. The van der Waals surface area contributed by atoms with Crippen molar-refractivity contribution in [2.24, 2.45) is 10.1 Å². The molecule has 3 aromatic carbocycles. The lowest BCUT2D eigenvalue weighted by atomic mass is 9.96. The minimum Gasteiger partial charge on any atom is -0.497 e. The van der Waals surface area contributed by atoms with Gasteiger partial charge in [-0.2, -0.15) is 0 Å². The first-order chi connectivity index (χ1) is 15.1. The van der Waals surface area contributed by atoms with E-state index in [0.29, 0.717) is 6.42 Å². The lowest BCUT2D eigenvalue weighted by molar-refractivity contribution is -0.0148. The number of hydrogen-bond acceptors (Lipinski definition) is 6. The van der Waals surface area contributed by atoms with Crippen LogP contribution in [0.2, 0.25) is 0 Å². The predicted molar refractivity (Wildman–Crippen MR) is 131 cm³/mol. The van der Waals surface area contributed by atoms with E-state index < -0.39 is 5.72 Å². The Hall–Kier alpha value is -2.77. The van der Waals surface area contributed by atoms with Crippen LogP contribution in [0.15, 0.2) is 87.4 Å². The van der Waals surface area contributed by atoms with Crippen molar-refractivity contribution in [1.29, 1.82) is 0 Å². The summed E-state index contributed by atoms with van der Waals surface area (Å²) in [4.78, 5) is 13.5. The number of hydrogen-bond donors (Lipinski definition) is 0. The molecule has 0 radical (unpaired) electrons. The van der Waals surface area contributed by atoms with Crippen molar-refractivity contribution in [2.45, 2.75) is 12.1 Å². The fourth-order valence-corrected chi connectivity index (χ4v) is 4.75. The van der Waals surface area contributed by atoms with E-state index in [2.05, 4.69) is 32.1 Å². The summed E-state index contributed by atoms with van der Waals surface area (Å²) in [6, 6.07) is 24.2. The molecule has 0 saturated carbocycles. The van der Waals surface area contributed by atoms with Crippen LogP contribution in [0.1, 0.15) is 17.5 Å². The topological polar surface area (TPSA) is 46.4 Å². The number of nitrogens with zero attached hydrogens (tertiary/aromatic N) is 3. The van der Waals surface area contributed by atoms with Crippen LogP contribution in [-0.2, 0) is 10.6 Å². The molecule has 7 heteroatoms. The van der Waals surface area contributed by atoms with Gasteiger partial charge in [0.1, 0.15) is 5.75 Å². The van der Waals surface area contributed by atoms with E-state index in [1.807, 2.05) is 73.0 Å². The van der Waals surface area contributed by atoms with Crippen molar-refractivity contribution in [2.75, 3.05) is 18.3 Å². The van der Waals surface area contributed by atoms with Crippen LogP contribution in [0.3, 0.4) is 0 Å². The van der Waals surface area contributed by atoms with Crippen molar-refractivity contribution in [1.82, 2.24) is 0 Å². The maximum Gasteiger partial charge on any atom is 0.247 e. The number of anilines is 1. The van der Waals surface area contributed by atoms with Crippen LogP contribution < -0.4 is 9.64 Å². The molecule has 2 heterocycles.